The van der Waals surface area contributed by atoms with Gasteiger partial charge in [-0.2, -0.15) is 0 Å². The molecule has 2 heterocycles. The molecule has 0 radical (unpaired) electrons. The molecule has 3 heteroatoms. The normalized spacial score (nSPS) is 28.5. The minimum absolute atomic E-state index is 0.284. The number of likely N-dealkylation sites (tertiary alicyclic amines) is 2. The molecule has 0 aliphatic carbocycles. The zero-order chi connectivity index (χ0) is 14.8. The van der Waals surface area contributed by atoms with Crippen LogP contribution in [-0.4, -0.2) is 54.1 Å². The second-order valence-electron chi connectivity index (χ2n) is 8.06. The van der Waals surface area contributed by atoms with Gasteiger partial charge in [-0.1, -0.05) is 13.8 Å². The van der Waals surface area contributed by atoms with Gasteiger partial charge in [-0.15, -0.1) is 0 Å². The molecule has 0 amide bonds. The third kappa shape index (κ3) is 3.55. The van der Waals surface area contributed by atoms with Gasteiger partial charge in [-0.25, -0.2) is 0 Å². The summed E-state index contributed by atoms with van der Waals surface area (Å²) >= 11 is 0. The quantitative estimate of drug-likeness (QED) is 0.863. The average molecular weight is 281 g/mol. The summed E-state index contributed by atoms with van der Waals surface area (Å²) in [5.41, 5.74) is 7.05. The van der Waals surface area contributed by atoms with Crippen LogP contribution in [0.1, 0.15) is 59.8 Å². The van der Waals surface area contributed by atoms with Crippen molar-refractivity contribution in [1.82, 2.24) is 9.80 Å². The minimum atomic E-state index is 0.284. The number of hydrogen-bond acceptors (Lipinski definition) is 3. The Morgan fingerprint density at radius 2 is 1.60 bits per heavy atom. The van der Waals surface area contributed by atoms with Crippen molar-refractivity contribution in [1.29, 1.82) is 0 Å². The maximum Gasteiger partial charge on any atom is 0.0356 e. The van der Waals surface area contributed by atoms with Gasteiger partial charge in [0.1, 0.15) is 0 Å². The summed E-state index contributed by atoms with van der Waals surface area (Å²) in [5, 5.41) is 0. The molecule has 3 nitrogen and oxygen atoms in total. The molecule has 2 rings (SSSR count). The van der Waals surface area contributed by atoms with Crippen LogP contribution < -0.4 is 5.73 Å². The largest absolute Gasteiger partial charge is 0.329 e. The van der Waals surface area contributed by atoms with Crippen LogP contribution in [-0.2, 0) is 0 Å². The lowest BCUT2D eigenvalue weighted by molar-refractivity contribution is 0.0184. The van der Waals surface area contributed by atoms with Crippen molar-refractivity contribution < 1.29 is 0 Å². The van der Waals surface area contributed by atoms with Crippen LogP contribution in [0.4, 0.5) is 0 Å². The molecular formula is C17H35N3. The average Bonchev–Trinajstić information content (AvgIpc) is 2.60. The lowest BCUT2D eigenvalue weighted by Gasteiger charge is -2.49. The van der Waals surface area contributed by atoms with Crippen LogP contribution in [0.3, 0.4) is 0 Å². The highest BCUT2D eigenvalue weighted by Crippen LogP contribution is 2.35. The summed E-state index contributed by atoms with van der Waals surface area (Å²) in [6.45, 7) is 15.2. The van der Waals surface area contributed by atoms with Gasteiger partial charge in [-0.05, 0) is 64.5 Å². The minimum Gasteiger partial charge on any atom is -0.329 e. The summed E-state index contributed by atoms with van der Waals surface area (Å²) in [6, 6.07) is 0.675. The molecule has 2 saturated heterocycles. The van der Waals surface area contributed by atoms with Crippen molar-refractivity contribution in [2.75, 3.05) is 32.7 Å². The molecule has 0 aromatic rings. The molecule has 0 aromatic carbocycles. The smallest absolute Gasteiger partial charge is 0.0356 e. The van der Waals surface area contributed by atoms with Gasteiger partial charge in [0.25, 0.3) is 0 Å². The Morgan fingerprint density at radius 1 is 0.950 bits per heavy atom. The second kappa shape index (κ2) is 6.33. The third-order valence-corrected chi connectivity index (χ3v) is 5.85. The van der Waals surface area contributed by atoms with Crippen molar-refractivity contribution in [3.63, 3.8) is 0 Å². The molecule has 2 aliphatic heterocycles. The molecule has 0 aromatic heterocycles. The summed E-state index contributed by atoms with van der Waals surface area (Å²) in [6.07, 6.45) is 6.53. The molecule has 118 valence electrons. The van der Waals surface area contributed by atoms with Gasteiger partial charge in [0, 0.05) is 31.2 Å². The fourth-order valence-electron chi connectivity index (χ4n) is 4.00. The van der Waals surface area contributed by atoms with Crippen LogP contribution in [0, 0.1) is 5.41 Å². The van der Waals surface area contributed by atoms with Gasteiger partial charge >= 0.3 is 0 Å². The van der Waals surface area contributed by atoms with E-state index in [9.17, 15) is 0 Å². The first-order valence-corrected chi connectivity index (χ1v) is 8.58. The second-order valence-corrected chi connectivity index (χ2v) is 8.06. The predicted octanol–water partition coefficient (Wildman–Crippen LogP) is 2.70. The monoisotopic (exact) mass is 281 g/mol. The maximum atomic E-state index is 6.25. The lowest BCUT2D eigenvalue weighted by atomic mass is 9.84. The molecule has 0 saturated carbocycles. The van der Waals surface area contributed by atoms with E-state index in [1.165, 1.54) is 58.3 Å². The first kappa shape index (κ1) is 16.3. The Balaban J connectivity index is 2.01. The van der Waals surface area contributed by atoms with Crippen molar-refractivity contribution in [2.24, 2.45) is 11.1 Å². The Morgan fingerprint density at radius 3 is 2.15 bits per heavy atom. The molecule has 0 unspecified atom stereocenters. The van der Waals surface area contributed by atoms with Crippen LogP contribution in [0.2, 0.25) is 0 Å². The number of hydrogen-bond donors (Lipinski definition) is 1. The highest BCUT2D eigenvalue weighted by Gasteiger charge is 2.40. The Bertz CT molecular complexity index is 303. The Hall–Kier alpha value is -0.120. The molecule has 2 N–H and O–H groups in total. The van der Waals surface area contributed by atoms with E-state index in [4.69, 9.17) is 5.73 Å². The van der Waals surface area contributed by atoms with Crippen molar-refractivity contribution in [3.05, 3.63) is 0 Å². The highest BCUT2D eigenvalue weighted by molar-refractivity contribution is 4.98. The van der Waals surface area contributed by atoms with Crippen LogP contribution in [0.5, 0.6) is 0 Å². The number of rotatable bonds is 3. The van der Waals surface area contributed by atoms with E-state index in [0.717, 1.165) is 6.54 Å². The molecular weight excluding hydrogens is 246 g/mol. The van der Waals surface area contributed by atoms with Crippen molar-refractivity contribution in [2.45, 2.75) is 71.4 Å². The van der Waals surface area contributed by atoms with E-state index in [0.29, 0.717) is 11.5 Å². The molecule has 2 aliphatic rings. The van der Waals surface area contributed by atoms with Crippen molar-refractivity contribution >= 4 is 0 Å². The fourth-order valence-corrected chi connectivity index (χ4v) is 4.00. The number of piperidine rings is 1. The van der Waals surface area contributed by atoms with Gasteiger partial charge in [0.15, 0.2) is 0 Å². The standard InChI is InChI=1S/C17H35N3/c1-15(2)19-11-8-17(14-18,9-12-19)20-10-5-6-16(3,4)7-13-20/h15H,5-14,18H2,1-4H3. The Labute approximate surface area is 125 Å². The zero-order valence-corrected chi connectivity index (χ0v) is 14.1. The molecule has 0 spiro atoms. The molecule has 2 fully saturated rings. The summed E-state index contributed by atoms with van der Waals surface area (Å²) in [4.78, 5) is 5.36. The third-order valence-electron chi connectivity index (χ3n) is 5.85. The summed E-state index contributed by atoms with van der Waals surface area (Å²) in [7, 11) is 0. The molecule has 20 heavy (non-hydrogen) atoms. The van der Waals surface area contributed by atoms with E-state index in [1.54, 1.807) is 0 Å². The maximum absolute atomic E-state index is 6.25. The Kier molecular flexibility index (Phi) is 5.14. The fraction of sp³-hybridized carbons (Fsp3) is 1.00. The predicted molar refractivity (Wildman–Crippen MR) is 86.9 cm³/mol. The van der Waals surface area contributed by atoms with Gasteiger partial charge in [-0.3, -0.25) is 4.90 Å². The first-order chi connectivity index (χ1) is 9.38. The first-order valence-electron chi connectivity index (χ1n) is 8.58. The highest BCUT2D eigenvalue weighted by atomic mass is 15.3. The van der Waals surface area contributed by atoms with Crippen LogP contribution in [0.25, 0.3) is 0 Å². The lowest BCUT2D eigenvalue weighted by Crippen LogP contribution is -2.60. The van der Waals surface area contributed by atoms with E-state index < -0.39 is 0 Å². The number of nitrogens with two attached hydrogens (primary N) is 1. The van der Waals surface area contributed by atoms with Gasteiger partial charge < -0.3 is 10.6 Å². The van der Waals surface area contributed by atoms with E-state index in [-0.39, 0.29) is 5.54 Å². The zero-order valence-electron chi connectivity index (χ0n) is 14.1. The molecule has 0 atom stereocenters. The van der Waals surface area contributed by atoms with E-state index in [1.807, 2.05) is 0 Å². The van der Waals surface area contributed by atoms with E-state index >= 15 is 0 Å². The molecule has 0 bridgehead atoms. The SMILES string of the molecule is CC(C)N1CCC(CN)(N2CCCC(C)(C)CC2)CC1. The summed E-state index contributed by atoms with van der Waals surface area (Å²) < 4.78 is 0. The van der Waals surface area contributed by atoms with Gasteiger partial charge in [0.05, 0.1) is 0 Å². The summed E-state index contributed by atoms with van der Waals surface area (Å²) in [5.74, 6) is 0. The number of nitrogens with zero attached hydrogens (tertiary/aromatic N) is 2. The van der Waals surface area contributed by atoms with Crippen LogP contribution in [0.15, 0.2) is 0 Å². The van der Waals surface area contributed by atoms with Gasteiger partial charge in [0.2, 0.25) is 0 Å². The topological polar surface area (TPSA) is 32.5 Å². The van der Waals surface area contributed by atoms with E-state index in [2.05, 4.69) is 37.5 Å². The van der Waals surface area contributed by atoms with Crippen LogP contribution >= 0.6 is 0 Å². The van der Waals surface area contributed by atoms with Crippen molar-refractivity contribution in [3.8, 4) is 0 Å².